The van der Waals surface area contributed by atoms with Crippen molar-refractivity contribution in [2.45, 2.75) is 53.4 Å². The first kappa shape index (κ1) is 14.2. The van der Waals surface area contributed by atoms with Crippen molar-refractivity contribution in [3.05, 3.63) is 11.9 Å². The van der Waals surface area contributed by atoms with Gasteiger partial charge in [-0.2, -0.15) is 0 Å². The van der Waals surface area contributed by atoms with Crippen LogP contribution in [0.4, 0.5) is 0 Å². The lowest BCUT2D eigenvalue weighted by atomic mass is 10.5. The summed E-state index contributed by atoms with van der Waals surface area (Å²) >= 11 is 0. The Morgan fingerprint density at radius 1 is 0.786 bits per heavy atom. The maximum Gasteiger partial charge on any atom is 0.0632 e. The highest BCUT2D eigenvalue weighted by Crippen LogP contribution is 2.61. The van der Waals surface area contributed by atoms with Crippen molar-refractivity contribution < 1.29 is 0 Å². The maximum absolute atomic E-state index is 2.61. The second-order valence-electron chi connectivity index (χ2n) is 4.18. The third-order valence-corrected chi connectivity index (χ3v) is 7.52. The van der Waals surface area contributed by atoms with E-state index in [9.17, 15) is 0 Å². The van der Waals surface area contributed by atoms with Crippen LogP contribution in [0.15, 0.2) is 11.9 Å². The average molecular weight is 215 g/mol. The van der Waals surface area contributed by atoms with Crippen molar-refractivity contribution in [3.63, 3.8) is 0 Å². The van der Waals surface area contributed by atoms with Gasteiger partial charge in [0.25, 0.3) is 0 Å². The fraction of sp³-hybridized carbons (Fsp3) is 0.846. The third-order valence-electron chi connectivity index (χ3n) is 2.66. The molecule has 0 aliphatic carbocycles. The second kappa shape index (κ2) is 8.48. The Kier molecular flexibility index (Phi) is 8.58. The molecule has 0 rings (SSSR count). The van der Waals surface area contributed by atoms with Gasteiger partial charge >= 0.3 is 0 Å². The van der Waals surface area contributed by atoms with Crippen LogP contribution in [0.5, 0.6) is 0 Å². The Morgan fingerprint density at radius 2 is 1.21 bits per heavy atom. The molecule has 0 aliphatic heterocycles. The van der Waals surface area contributed by atoms with Crippen molar-refractivity contribution in [2.75, 3.05) is 18.5 Å². The summed E-state index contributed by atoms with van der Waals surface area (Å²) in [6, 6.07) is 0. The Hall–Kier alpha value is 0.170. The smallest absolute Gasteiger partial charge is 0.0619 e. The molecule has 0 bridgehead atoms. The Balaban J connectivity index is 4.45. The van der Waals surface area contributed by atoms with Gasteiger partial charge in [0, 0.05) is 7.26 Å². The van der Waals surface area contributed by atoms with Gasteiger partial charge in [-0.05, 0) is 31.8 Å². The molecule has 0 fully saturated rings. The fourth-order valence-corrected chi connectivity index (χ4v) is 6.67. The van der Waals surface area contributed by atoms with E-state index in [0.717, 1.165) is 0 Å². The van der Waals surface area contributed by atoms with E-state index in [-0.39, 0.29) is 0 Å². The van der Waals surface area contributed by atoms with E-state index in [1.807, 2.05) is 0 Å². The summed E-state index contributed by atoms with van der Waals surface area (Å²) in [4.78, 5) is 0. The van der Waals surface area contributed by atoms with Crippen molar-refractivity contribution >= 4 is 7.26 Å². The van der Waals surface area contributed by atoms with E-state index < -0.39 is 7.26 Å². The summed E-state index contributed by atoms with van der Waals surface area (Å²) in [5.74, 6) is 2.61. The molecule has 0 N–H and O–H groups in total. The molecule has 84 valence electrons. The van der Waals surface area contributed by atoms with Crippen LogP contribution in [0, 0.1) is 0 Å². The molecule has 0 spiro atoms. The molecule has 0 aromatic carbocycles. The Labute approximate surface area is 91.5 Å². The van der Waals surface area contributed by atoms with Crippen LogP contribution in [0.3, 0.4) is 0 Å². The van der Waals surface area contributed by atoms with Crippen LogP contribution in [0.25, 0.3) is 0 Å². The predicted molar refractivity (Wildman–Crippen MR) is 71.8 cm³/mol. The lowest BCUT2D eigenvalue weighted by Crippen LogP contribution is -2.04. The number of rotatable bonds is 8. The standard InChI is InChI=1S/C13H28P/c1-5-9-13-14(10-6-2,11-7-3)12-8-4/h9,13H,5-8,10-12H2,1-4H3/q+1. The topological polar surface area (TPSA) is 0 Å². The third kappa shape index (κ3) is 5.15. The Morgan fingerprint density at radius 3 is 1.50 bits per heavy atom. The minimum atomic E-state index is -0.693. The quantitative estimate of drug-likeness (QED) is 0.491. The van der Waals surface area contributed by atoms with Crippen LogP contribution in [-0.2, 0) is 0 Å². The number of hydrogen-bond donors (Lipinski definition) is 0. The van der Waals surface area contributed by atoms with Crippen LogP contribution in [0.2, 0.25) is 0 Å². The Bertz CT molecular complexity index is 132. The van der Waals surface area contributed by atoms with Gasteiger partial charge in [0.05, 0.1) is 24.3 Å². The predicted octanol–water partition coefficient (Wildman–Crippen LogP) is 5.16. The highest BCUT2D eigenvalue weighted by molar-refractivity contribution is 7.78. The highest BCUT2D eigenvalue weighted by Gasteiger charge is 2.31. The minimum Gasteiger partial charge on any atom is -0.0619 e. The molecule has 0 heterocycles. The SMILES string of the molecule is CCC=C[P+](CCC)(CCC)CCC. The molecule has 0 nitrogen and oxygen atoms in total. The zero-order valence-corrected chi connectivity index (χ0v) is 11.4. The van der Waals surface area contributed by atoms with Crippen LogP contribution in [0.1, 0.15) is 53.4 Å². The normalized spacial score (nSPS) is 12.6. The lowest BCUT2D eigenvalue weighted by Gasteiger charge is -2.22. The molecule has 0 amide bonds. The molecule has 0 atom stereocenters. The molecule has 0 radical (unpaired) electrons. The second-order valence-corrected chi connectivity index (χ2v) is 8.26. The molecular formula is C13H28P+. The van der Waals surface area contributed by atoms with E-state index in [1.165, 1.54) is 44.2 Å². The summed E-state index contributed by atoms with van der Waals surface area (Å²) in [6.07, 6.45) is 12.1. The van der Waals surface area contributed by atoms with Gasteiger partial charge in [-0.3, -0.25) is 0 Å². The molecule has 0 unspecified atom stereocenters. The molecular weight excluding hydrogens is 187 g/mol. The first-order valence-electron chi connectivity index (χ1n) is 6.28. The zero-order valence-electron chi connectivity index (χ0n) is 10.6. The van der Waals surface area contributed by atoms with E-state index in [0.29, 0.717) is 0 Å². The van der Waals surface area contributed by atoms with Gasteiger partial charge in [0.1, 0.15) is 0 Å². The van der Waals surface area contributed by atoms with Crippen molar-refractivity contribution in [1.82, 2.24) is 0 Å². The molecule has 0 aromatic rings. The fourth-order valence-electron chi connectivity index (χ4n) is 2.22. The van der Waals surface area contributed by atoms with E-state index in [4.69, 9.17) is 0 Å². The van der Waals surface area contributed by atoms with E-state index in [2.05, 4.69) is 39.6 Å². The lowest BCUT2D eigenvalue weighted by molar-refractivity contribution is 1.00. The monoisotopic (exact) mass is 215 g/mol. The first-order valence-corrected chi connectivity index (χ1v) is 8.69. The van der Waals surface area contributed by atoms with Gasteiger partial charge < -0.3 is 0 Å². The minimum absolute atomic E-state index is 0.693. The van der Waals surface area contributed by atoms with E-state index >= 15 is 0 Å². The summed E-state index contributed by atoms with van der Waals surface area (Å²) in [5, 5.41) is 0. The highest BCUT2D eigenvalue weighted by atomic mass is 31.2. The number of hydrogen-bond acceptors (Lipinski definition) is 0. The number of allylic oxidation sites excluding steroid dienone is 1. The largest absolute Gasteiger partial charge is 0.0632 e. The van der Waals surface area contributed by atoms with Crippen LogP contribution in [-0.4, -0.2) is 18.5 Å². The first-order chi connectivity index (χ1) is 6.74. The molecule has 0 aromatic heterocycles. The van der Waals surface area contributed by atoms with Crippen molar-refractivity contribution in [2.24, 2.45) is 0 Å². The van der Waals surface area contributed by atoms with Crippen molar-refractivity contribution in [1.29, 1.82) is 0 Å². The van der Waals surface area contributed by atoms with Gasteiger partial charge in [-0.1, -0.05) is 27.7 Å². The molecule has 0 aliphatic rings. The molecule has 0 saturated carbocycles. The average Bonchev–Trinajstić information content (AvgIpc) is 2.16. The van der Waals surface area contributed by atoms with Crippen LogP contribution >= 0.6 is 7.26 Å². The van der Waals surface area contributed by atoms with Gasteiger partial charge in [0.2, 0.25) is 0 Å². The summed E-state index contributed by atoms with van der Waals surface area (Å²) in [6.45, 7) is 9.24. The molecule has 0 saturated heterocycles. The van der Waals surface area contributed by atoms with Crippen molar-refractivity contribution in [3.8, 4) is 0 Å². The van der Waals surface area contributed by atoms with Gasteiger partial charge in [0.15, 0.2) is 0 Å². The molecule has 14 heavy (non-hydrogen) atoms. The van der Waals surface area contributed by atoms with E-state index in [1.54, 1.807) is 0 Å². The van der Waals surface area contributed by atoms with Crippen LogP contribution < -0.4 is 0 Å². The van der Waals surface area contributed by atoms with Gasteiger partial charge in [-0.25, -0.2) is 0 Å². The summed E-state index contributed by atoms with van der Waals surface area (Å²) in [5.41, 5.74) is 0. The summed E-state index contributed by atoms with van der Waals surface area (Å²) in [7, 11) is -0.693. The molecule has 1 heteroatoms. The summed E-state index contributed by atoms with van der Waals surface area (Å²) < 4.78 is 0. The zero-order chi connectivity index (χ0) is 10.9. The van der Waals surface area contributed by atoms with Gasteiger partial charge in [-0.15, -0.1) is 0 Å². The maximum atomic E-state index is 2.61.